The van der Waals surface area contributed by atoms with Crippen molar-refractivity contribution in [1.29, 1.82) is 0 Å². The molecule has 62 heavy (non-hydrogen) atoms. The van der Waals surface area contributed by atoms with E-state index in [9.17, 15) is 0 Å². The van der Waals surface area contributed by atoms with Crippen LogP contribution in [-0.4, -0.2) is 0 Å². The van der Waals surface area contributed by atoms with Crippen molar-refractivity contribution in [2.75, 3.05) is 0 Å². The van der Waals surface area contributed by atoms with Gasteiger partial charge in [0.15, 0.2) is 0 Å². The molecule has 288 valence electrons. The van der Waals surface area contributed by atoms with Crippen LogP contribution in [0.15, 0.2) is 224 Å². The van der Waals surface area contributed by atoms with Gasteiger partial charge in [-0.15, -0.1) is 0 Å². The van der Waals surface area contributed by atoms with Crippen LogP contribution in [0.4, 0.5) is 0 Å². The topological polar surface area (TPSA) is 0 Å². The molecule has 0 heteroatoms. The van der Waals surface area contributed by atoms with Gasteiger partial charge in [-0.2, -0.15) is 0 Å². The van der Waals surface area contributed by atoms with E-state index in [4.69, 9.17) is 0 Å². The van der Waals surface area contributed by atoms with Crippen molar-refractivity contribution >= 4 is 32.3 Å². The van der Waals surface area contributed by atoms with Crippen molar-refractivity contribution < 1.29 is 0 Å². The van der Waals surface area contributed by atoms with Crippen LogP contribution in [0, 0.1) is 0 Å². The molecule has 11 aromatic carbocycles. The Morgan fingerprint density at radius 3 is 1.55 bits per heavy atom. The van der Waals surface area contributed by atoms with Crippen LogP contribution in [0.5, 0.6) is 0 Å². The van der Waals surface area contributed by atoms with Gasteiger partial charge in [0.1, 0.15) is 0 Å². The standard InChI is InChI=1S/C62H40/c1-62(46-25-6-3-7-26-46)55-38-44(33-34-48(55)54-36-42-19-8-9-20-43(42)37-56(54)62)41-23-14-24-45(35-41)58-50-29-12-13-30-51(50)59(49-28-11-10-27-47(49)39-17-4-2-5-18-39)61-53-32-16-22-40-21-15-31-52(57(40)53)60(58)61/h2-38H,1H3. The van der Waals surface area contributed by atoms with Crippen molar-refractivity contribution in [3.63, 3.8) is 0 Å². The first kappa shape index (κ1) is 35.0. The van der Waals surface area contributed by atoms with Crippen LogP contribution < -0.4 is 0 Å². The molecule has 2 aliphatic carbocycles. The second-order valence-electron chi connectivity index (χ2n) is 17.2. The second-order valence-corrected chi connectivity index (χ2v) is 17.2. The molecule has 0 aliphatic heterocycles. The van der Waals surface area contributed by atoms with Crippen molar-refractivity contribution in [2.45, 2.75) is 12.3 Å². The predicted octanol–water partition coefficient (Wildman–Crippen LogP) is 16.8. The van der Waals surface area contributed by atoms with Crippen molar-refractivity contribution in [3.05, 3.63) is 241 Å². The molecule has 0 fully saturated rings. The molecular formula is C62H40. The molecule has 0 heterocycles. The number of benzene rings is 11. The van der Waals surface area contributed by atoms with E-state index in [1.54, 1.807) is 0 Å². The van der Waals surface area contributed by atoms with Crippen LogP contribution in [-0.2, 0) is 5.41 Å². The molecule has 1 unspecified atom stereocenters. The fourth-order valence-electron chi connectivity index (χ4n) is 11.2. The molecule has 0 bridgehead atoms. The summed E-state index contributed by atoms with van der Waals surface area (Å²) in [4.78, 5) is 0. The van der Waals surface area contributed by atoms with E-state index in [2.05, 4.69) is 231 Å². The maximum absolute atomic E-state index is 2.48. The minimum Gasteiger partial charge on any atom is -0.0622 e. The fraction of sp³-hybridized carbons (Fsp3) is 0.0323. The fourth-order valence-corrected chi connectivity index (χ4v) is 11.2. The third kappa shape index (κ3) is 4.95. The highest BCUT2D eigenvalue weighted by molar-refractivity contribution is 6.28. The SMILES string of the molecule is CC1(c2ccccc2)c2cc(-c3cccc(-c4c5c(c(-c6ccccc6-c6ccccc6)c6ccccc46)-c4cccc6cccc-5c46)c3)ccc2-c2cc3ccccc3cc21. The van der Waals surface area contributed by atoms with Crippen LogP contribution in [0.2, 0.25) is 0 Å². The second kappa shape index (κ2) is 13.4. The highest BCUT2D eigenvalue weighted by atomic mass is 14.4. The largest absolute Gasteiger partial charge is 0.0622 e. The van der Waals surface area contributed by atoms with Crippen molar-refractivity contribution in [2.24, 2.45) is 0 Å². The lowest BCUT2D eigenvalue weighted by molar-refractivity contribution is 0.715. The van der Waals surface area contributed by atoms with Crippen LogP contribution in [0.25, 0.3) is 110 Å². The van der Waals surface area contributed by atoms with Crippen LogP contribution in [0.3, 0.4) is 0 Å². The number of fused-ring (bicyclic) bond motifs is 8. The van der Waals surface area contributed by atoms with E-state index in [0.717, 1.165) is 0 Å². The van der Waals surface area contributed by atoms with Gasteiger partial charge in [0.05, 0.1) is 0 Å². The molecule has 0 amide bonds. The summed E-state index contributed by atoms with van der Waals surface area (Å²) < 4.78 is 0. The van der Waals surface area contributed by atoms with Gasteiger partial charge in [-0.25, -0.2) is 0 Å². The Morgan fingerprint density at radius 1 is 0.274 bits per heavy atom. The lowest BCUT2D eigenvalue weighted by Crippen LogP contribution is -2.22. The van der Waals surface area contributed by atoms with Gasteiger partial charge < -0.3 is 0 Å². The van der Waals surface area contributed by atoms with Gasteiger partial charge in [0, 0.05) is 5.41 Å². The molecule has 0 radical (unpaired) electrons. The lowest BCUT2D eigenvalue weighted by Gasteiger charge is -2.29. The third-order valence-electron chi connectivity index (χ3n) is 14.0. The van der Waals surface area contributed by atoms with E-state index in [0.29, 0.717) is 0 Å². The van der Waals surface area contributed by atoms with Gasteiger partial charge >= 0.3 is 0 Å². The van der Waals surface area contributed by atoms with Crippen molar-refractivity contribution in [3.8, 4) is 77.9 Å². The smallest absolute Gasteiger partial charge is 0.0435 e. The zero-order chi connectivity index (χ0) is 40.9. The Balaban J connectivity index is 1.06. The Hall–Kier alpha value is -7.80. The molecule has 0 nitrogen and oxygen atoms in total. The highest BCUT2D eigenvalue weighted by Crippen LogP contribution is 2.59. The summed E-state index contributed by atoms with van der Waals surface area (Å²) in [5, 5.41) is 7.69. The first-order valence-electron chi connectivity index (χ1n) is 21.8. The molecule has 0 saturated heterocycles. The van der Waals surface area contributed by atoms with Gasteiger partial charge in [-0.05, 0) is 158 Å². The molecule has 0 aromatic heterocycles. The molecule has 0 saturated carbocycles. The van der Waals surface area contributed by atoms with E-state index >= 15 is 0 Å². The zero-order valence-electron chi connectivity index (χ0n) is 34.4. The van der Waals surface area contributed by atoms with Crippen LogP contribution in [0.1, 0.15) is 23.6 Å². The molecule has 0 N–H and O–H groups in total. The van der Waals surface area contributed by atoms with E-state index in [-0.39, 0.29) is 5.41 Å². The van der Waals surface area contributed by atoms with Gasteiger partial charge in [-0.1, -0.05) is 200 Å². The molecular weight excluding hydrogens is 745 g/mol. The minimum atomic E-state index is -0.309. The van der Waals surface area contributed by atoms with Gasteiger partial charge in [-0.3, -0.25) is 0 Å². The number of hydrogen-bond donors (Lipinski definition) is 0. The molecule has 11 aromatic rings. The summed E-state index contributed by atoms with van der Waals surface area (Å²) in [6.45, 7) is 2.42. The quantitative estimate of drug-likeness (QED) is 0.163. The molecule has 2 aliphatic rings. The maximum Gasteiger partial charge on any atom is 0.0435 e. The van der Waals surface area contributed by atoms with Gasteiger partial charge in [0.25, 0.3) is 0 Å². The summed E-state index contributed by atoms with van der Waals surface area (Å²) in [5.74, 6) is 0. The molecule has 13 rings (SSSR count). The molecule has 0 spiro atoms. The summed E-state index contributed by atoms with van der Waals surface area (Å²) in [6, 6.07) is 83.9. The van der Waals surface area contributed by atoms with Crippen LogP contribution >= 0.6 is 0 Å². The Bertz CT molecular complexity index is 3620. The van der Waals surface area contributed by atoms with E-state index < -0.39 is 0 Å². The Kier molecular flexibility index (Phi) is 7.54. The average molecular weight is 785 g/mol. The zero-order valence-corrected chi connectivity index (χ0v) is 34.4. The van der Waals surface area contributed by atoms with E-state index in [1.165, 1.54) is 127 Å². The molecule has 1 atom stereocenters. The van der Waals surface area contributed by atoms with Gasteiger partial charge in [0.2, 0.25) is 0 Å². The third-order valence-corrected chi connectivity index (χ3v) is 14.0. The lowest BCUT2D eigenvalue weighted by atomic mass is 9.73. The summed E-state index contributed by atoms with van der Waals surface area (Å²) in [5.41, 5.74) is 21.6. The summed E-state index contributed by atoms with van der Waals surface area (Å²) in [7, 11) is 0. The number of hydrogen-bond acceptors (Lipinski definition) is 0. The predicted molar refractivity (Wildman–Crippen MR) is 263 cm³/mol. The summed E-state index contributed by atoms with van der Waals surface area (Å²) in [6.07, 6.45) is 0. The monoisotopic (exact) mass is 784 g/mol. The number of rotatable bonds is 5. The first-order valence-corrected chi connectivity index (χ1v) is 21.8. The Morgan fingerprint density at radius 2 is 0.790 bits per heavy atom. The average Bonchev–Trinajstić information content (AvgIpc) is 3.80. The maximum atomic E-state index is 2.48. The highest BCUT2D eigenvalue weighted by Gasteiger charge is 2.41. The summed E-state index contributed by atoms with van der Waals surface area (Å²) >= 11 is 0. The normalized spacial score (nSPS) is 14.6. The Labute approximate surface area is 362 Å². The minimum absolute atomic E-state index is 0.309. The van der Waals surface area contributed by atoms with E-state index in [1.807, 2.05) is 0 Å². The van der Waals surface area contributed by atoms with Crippen molar-refractivity contribution in [1.82, 2.24) is 0 Å². The first-order chi connectivity index (χ1) is 30.6.